The summed E-state index contributed by atoms with van der Waals surface area (Å²) < 4.78 is 64.5. The van der Waals surface area contributed by atoms with Crippen LogP contribution in [0.15, 0.2) is 52.3 Å². The highest BCUT2D eigenvalue weighted by molar-refractivity contribution is 7.95. The molecule has 0 saturated carbocycles. The molecule has 0 bridgehead atoms. The number of halogens is 3. The lowest BCUT2D eigenvalue weighted by atomic mass is 9.95. The van der Waals surface area contributed by atoms with Gasteiger partial charge in [-0.05, 0) is 62.1 Å². The lowest BCUT2D eigenvalue weighted by Crippen LogP contribution is -2.04. The highest BCUT2D eigenvalue weighted by Crippen LogP contribution is 2.43. The summed E-state index contributed by atoms with van der Waals surface area (Å²) in [5.74, 6) is 0. The Morgan fingerprint density at radius 1 is 0.900 bits per heavy atom. The minimum atomic E-state index is -4.43. The molecule has 2 N–H and O–H groups in total. The third-order valence-electron chi connectivity index (χ3n) is 5.53. The molecule has 0 atom stereocenters. The Balaban J connectivity index is 1.83. The second kappa shape index (κ2) is 8.94. The van der Waals surface area contributed by atoms with Crippen LogP contribution >= 0.6 is 0 Å². The van der Waals surface area contributed by atoms with Gasteiger partial charge in [0.2, 0.25) is 9.84 Å². The molecule has 162 valence electrons. The van der Waals surface area contributed by atoms with Gasteiger partial charge in [0.1, 0.15) is 0 Å². The fourth-order valence-corrected chi connectivity index (χ4v) is 5.42. The van der Waals surface area contributed by atoms with Crippen LogP contribution in [0.1, 0.15) is 61.3 Å². The van der Waals surface area contributed by atoms with Crippen molar-refractivity contribution in [2.75, 3.05) is 6.54 Å². The number of benzene rings is 2. The average molecular weight is 438 g/mol. The topological polar surface area (TPSA) is 60.2 Å². The fourth-order valence-electron chi connectivity index (χ4n) is 3.83. The Bertz CT molecular complexity index is 1040. The number of allylic oxidation sites excluding steroid dienone is 1. The summed E-state index contributed by atoms with van der Waals surface area (Å²) in [6, 6.07) is 10.0. The van der Waals surface area contributed by atoms with Crippen molar-refractivity contribution in [3.8, 4) is 0 Å². The van der Waals surface area contributed by atoms with Crippen molar-refractivity contribution in [1.82, 2.24) is 0 Å². The van der Waals surface area contributed by atoms with Crippen LogP contribution in [0.3, 0.4) is 0 Å². The summed E-state index contributed by atoms with van der Waals surface area (Å²) >= 11 is 0. The molecule has 2 aromatic rings. The number of nitrogens with two attached hydrogens (primary N) is 1. The van der Waals surface area contributed by atoms with Crippen molar-refractivity contribution in [2.24, 2.45) is 5.73 Å². The molecule has 0 radical (unpaired) electrons. The first-order valence-corrected chi connectivity index (χ1v) is 11.6. The lowest BCUT2D eigenvalue weighted by Gasteiger charge is -2.10. The van der Waals surface area contributed by atoms with E-state index in [9.17, 15) is 21.6 Å². The minimum absolute atomic E-state index is 0.177. The van der Waals surface area contributed by atoms with Gasteiger partial charge in [0.15, 0.2) is 0 Å². The van der Waals surface area contributed by atoms with Crippen LogP contribution in [0, 0.1) is 0 Å². The molecule has 2 aromatic carbocycles. The molecule has 0 fully saturated rings. The van der Waals surface area contributed by atoms with Gasteiger partial charge in [-0.15, -0.1) is 0 Å². The van der Waals surface area contributed by atoms with Crippen LogP contribution in [0.5, 0.6) is 0 Å². The quantitative estimate of drug-likeness (QED) is 0.537. The first-order chi connectivity index (χ1) is 14.2. The van der Waals surface area contributed by atoms with E-state index < -0.39 is 21.6 Å². The second-order valence-electron chi connectivity index (χ2n) is 7.65. The van der Waals surface area contributed by atoms with E-state index in [-0.39, 0.29) is 9.80 Å². The maximum absolute atomic E-state index is 12.9. The van der Waals surface area contributed by atoms with Gasteiger partial charge in [0.25, 0.3) is 0 Å². The van der Waals surface area contributed by atoms with Crippen molar-refractivity contribution in [2.45, 2.75) is 56.5 Å². The summed E-state index contributed by atoms with van der Waals surface area (Å²) in [6.07, 6.45) is 1.64. The number of sulfone groups is 1. The number of aryl methyl sites for hydroxylation is 1. The van der Waals surface area contributed by atoms with E-state index in [0.717, 1.165) is 56.2 Å². The van der Waals surface area contributed by atoms with Crippen molar-refractivity contribution in [3.05, 3.63) is 69.6 Å². The molecular weight excluding hydrogens is 411 g/mol. The summed E-state index contributed by atoms with van der Waals surface area (Å²) in [7, 11) is -3.64. The Morgan fingerprint density at radius 3 is 2.17 bits per heavy atom. The van der Waals surface area contributed by atoms with Gasteiger partial charge in [-0.1, -0.05) is 43.5 Å². The first-order valence-electron chi connectivity index (χ1n) is 10.1. The molecule has 0 saturated heterocycles. The summed E-state index contributed by atoms with van der Waals surface area (Å²) in [5, 5.41) is 0. The highest BCUT2D eigenvalue weighted by Gasteiger charge is 2.34. The molecule has 0 aliphatic carbocycles. The molecule has 7 heteroatoms. The van der Waals surface area contributed by atoms with Crippen molar-refractivity contribution < 1.29 is 21.6 Å². The van der Waals surface area contributed by atoms with E-state index in [1.54, 1.807) is 12.1 Å². The summed E-state index contributed by atoms with van der Waals surface area (Å²) in [4.78, 5) is 0.423. The standard InChI is InChI=1S/C23H26F3NO2S/c1-16-22(18-9-11-19(12-10-18)23(24,25)26)20-13-8-17(15-21(20)30(16,28)29)7-5-3-2-4-6-14-27/h8-13,15H,2-7,14,27H2,1H3. The number of hydrogen-bond donors (Lipinski definition) is 1. The van der Waals surface area contributed by atoms with Crippen molar-refractivity contribution >= 4 is 15.4 Å². The number of alkyl halides is 3. The van der Waals surface area contributed by atoms with E-state index in [1.807, 2.05) is 6.07 Å². The third-order valence-corrected chi connectivity index (χ3v) is 7.46. The predicted molar refractivity (Wildman–Crippen MR) is 113 cm³/mol. The number of fused-ring (bicyclic) bond motifs is 1. The van der Waals surface area contributed by atoms with Crippen LogP contribution in [-0.4, -0.2) is 15.0 Å². The molecule has 1 heterocycles. The molecular formula is C23H26F3NO2S. The van der Waals surface area contributed by atoms with E-state index in [0.29, 0.717) is 23.2 Å². The Kier molecular flexibility index (Phi) is 6.72. The molecule has 1 aliphatic rings. The molecule has 0 unspecified atom stereocenters. The molecule has 1 aliphatic heterocycles. The number of rotatable bonds is 8. The Morgan fingerprint density at radius 2 is 1.53 bits per heavy atom. The van der Waals surface area contributed by atoms with E-state index in [1.165, 1.54) is 19.1 Å². The van der Waals surface area contributed by atoms with Gasteiger partial charge >= 0.3 is 6.18 Å². The van der Waals surface area contributed by atoms with Crippen LogP contribution in [-0.2, 0) is 22.4 Å². The van der Waals surface area contributed by atoms with Gasteiger partial charge in [-0.25, -0.2) is 8.42 Å². The monoisotopic (exact) mass is 437 g/mol. The largest absolute Gasteiger partial charge is 0.416 e. The average Bonchev–Trinajstić information content (AvgIpc) is 2.90. The van der Waals surface area contributed by atoms with Gasteiger partial charge in [0.05, 0.1) is 15.4 Å². The maximum atomic E-state index is 12.9. The minimum Gasteiger partial charge on any atom is -0.330 e. The SMILES string of the molecule is CC1=C(c2ccc(C(F)(F)F)cc2)c2ccc(CCCCCCCN)cc2S1(=O)=O. The number of hydrogen-bond acceptors (Lipinski definition) is 3. The molecule has 30 heavy (non-hydrogen) atoms. The summed E-state index contributed by atoms with van der Waals surface area (Å²) in [5.41, 5.74) is 7.19. The van der Waals surface area contributed by atoms with Gasteiger partial charge < -0.3 is 5.73 Å². The molecule has 0 amide bonds. The molecule has 0 aromatic heterocycles. The van der Waals surface area contributed by atoms with Gasteiger partial charge in [-0.3, -0.25) is 0 Å². The fraction of sp³-hybridized carbons (Fsp3) is 0.391. The highest BCUT2D eigenvalue weighted by atomic mass is 32.2. The lowest BCUT2D eigenvalue weighted by molar-refractivity contribution is -0.137. The molecule has 3 nitrogen and oxygen atoms in total. The summed E-state index contributed by atoms with van der Waals surface area (Å²) in [6.45, 7) is 2.22. The first kappa shape index (κ1) is 22.6. The maximum Gasteiger partial charge on any atom is 0.416 e. The smallest absolute Gasteiger partial charge is 0.330 e. The van der Waals surface area contributed by atoms with Gasteiger partial charge in [0, 0.05) is 11.1 Å². The van der Waals surface area contributed by atoms with Gasteiger partial charge in [-0.2, -0.15) is 13.2 Å². The van der Waals surface area contributed by atoms with Crippen LogP contribution in [0.2, 0.25) is 0 Å². The van der Waals surface area contributed by atoms with Crippen LogP contribution in [0.25, 0.3) is 5.57 Å². The van der Waals surface area contributed by atoms with Crippen molar-refractivity contribution in [1.29, 1.82) is 0 Å². The van der Waals surface area contributed by atoms with E-state index >= 15 is 0 Å². The zero-order valence-electron chi connectivity index (χ0n) is 16.9. The molecule has 0 spiro atoms. The number of unbranched alkanes of at least 4 members (excludes halogenated alkanes) is 4. The van der Waals surface area contributed by atoms with Crippen LogP contribution in [0.4, 0.5) is 13.2 Å². The normalized spacial score (nSPS) is 15.5. The van der Waals surface area contributed by atoms with E-state index in [2.05, 4.69) is 0 Å². The zero-order valence-corrected chi connectivity index (χ0v) is 17.7. The van der Waals surface area contributed by atoms with Crippen LogP contribution < -0.4 is 5.73 Å². The predicted octanol–water partition coefficient (Wildman–Crippen LogP) is 5.72. The van der Waals surface area contributed by atoms with Crippen molar-refractivity contribution in [3.63, 3.8) is 0 Å². The third kappa shape index (κ3) is 4.62. The zero-order chi connectivity index (χ0) is 21.9. The Labute approximate surface area is 175 Å². The second-order valence-corrected chi connectivity index (χ2v) is 9.71. The Hall–Kier alpha value is -2.12. The van der Waals surface area contributed by atoms with E-state index in [4.69, 9.17) is 5.73 Å². The molecule has 3 rings (SSSR count).